The first kappa shape index (κ1) is 20.6. The van der Waals surface area contributed by atoms with E-state index in [1.165, 1.54) is 20.2 Å². The van der Waals surface area contributed by atoms with Crippen LogP contribution in [0.15, 0.2) is 71.9 Å². The van der Waals surface area contributed by atoms with Crippen molar-refractivity contribution >= 4 is 21.6 Å². The van der Waals surface area contributed by atoms with Crippen LogP contribution >= 0.6 is 0 Å². The smallest absolute Gasteiger partial charge is 0.242 e. The number of nitrogens with one attached hydrogen (secondary N) is 2. The first-order chi connectivity index (χ1) is 13.9. The first-order valence-corrected chi connectivity index (χ1v) is 10.4. The molecular weight excluding hydrogens is 390 g/mol. The third-order valence-electron chi connectivity index (χ3n) is 4.30. The molecule has 2 N–H and O–H groups in total. The molecule has 0 fully saturated rings. The van der Waals surface area contributed by atoms with E-state index in [4.69, 9.17) is 0 Å². The van der Waals surface area contributed by atoms with Crippen molar-refractivity contribution < 1.29 is 13.2 Å². The van der Waals surface area contributed by atoms with Crippen LogP contribution in [0.5, 0.6) is 0 Å². The Labute approximate surface area is 170 Å². The summed E-state index contributed by atoms with van der Waals surface area (Å²) in [4.78, 5) is 12.5. The van der Waals surface area contributed by atoms with Crippen LogP contribution in [0, 0.1) is 0 Å². The van der Waals surface area contributed by atoms with Gasteiger partial charge in [0.05, 0.1) is 22.8 Å². The van der Waals surface area contributed by atoms with E-state index in [1.54, 1.807) is 29.1 Å². The maximum absolute atomic E-state index is 12.5. The Hall–Kier alpha value is -3.17. The maximum Gasteiger partial charge on any atom is 0.242 e. The average Bonchev–Trinajstić information content (AvgIpc) is 3.25. The quantitative estimate of drug-likeness (QED) is 0.588. The zero-order chi connectivity index (χ0) is 20.9. The summed E-state index contributed by atoms with van der Waals surface area (Å²) >= 11 is 0. The Bertz CT molecular complexity index is 1080. The summed E-state index contributed by atoms with van der Waals surface area (Å²) < 4.78 is 27.8. The topological polar surface area (TPSA) is 96.3 Å². The molecule has 0 saturated heterocycles. The van der Waals surface area contributed by atoms with Gasteiger partial charge in [-0.1, -0.05) is 30.3 Å². The number of carbonyl (C=O) groups excluding carboxylic acids is 1. The highest BCUT2D eigenvalue weighted by atomic mass is 32.2. The van der Waals surface area contributed by atoms with E-state index >= 15 is 0 Å². The number of aromatic nitrogens is 2. The second-order valence-electron chi connectivity index (χ2n) is 6.49. The normalized spacial score (nSPS) is 11.4. The van der Waals surface area contributed by atoms with E-state index in [0.29, 0.717) is 5.56 Å². The molecule has 0 radical (unpaired) electrons. The summed E-state index contributed by atoms with van der Waals surface area (Å²) in [5.74, 6) is -0.252. The molecule has 9 heteroatoms. The number of amides is 1. The van der Waals surface area contributed by atoms with Crippen molar-refractivity contribution in [2.24, 2.45) is 0 Å². The van der Waals surface area contributed by atoms with E-state index in [9.17, 15) is 13.2 Å². The van der Waals surface area contributed by atoms with E-state index in [-0.39, 0.29) is 23.9 Å². The number of rotatable bonds is 8. The minimum absolute atomic E-state index is 0.0425. The molecule has 1 amide bonds. The molecule has 3 aromatic rings. The van der Waals surface area contributed by atoms with E-state index < -0.39 is 10.0 Å². The lowest BCUT2D eigenvalue weighted by atomic mass is 10.2. The minimum atomic E-state index is -3.58. The second kappa shape index (κ2) is 8.89. The zero-order valence-electron chi connectivity index (χ0n) is 16.2. The van der Waals surface area contributed by atoms with Gasteiger partial charge in [-0.25, -0.2) is 17.4 Å². The van der Waals surface area contributed by atoms with Crippen LogP contribution in [-0.2, 0) is 21.4 Å². The summed E-state index contributed by atoms with van der Waals surface area (Å²) in [7, 11) is -0.629. The molecule has 1 aromatic heterocycles. The van der Waals surface area contributed by atoms with Gasteiger partial charge in [0.1, 0.15) is 0 Å². The summed E-state index contributed by atoms with van der Waals surface area (Å²) in [6, 6.07) is 16.0. The molecule has 0 aliphatic heterocycles. The number of nitrogens with zero attached hydrogens (tertiary/aromatic N) is 3. The molecule has 2 aromatic carbocycles. The highest BCUT2D eigenvalue weighted by molar-refractivity contribution is 7.89. The number of sulfonamides is 1. The third kappa shape index (κ3) is 4.82. The Kier molecular flexibility index (Phi) is 6.30. The second-order valence-corrected chi connectivity index (χ2v) is 8.61. The fourth-order valence-corrected chi connectivity index (χ4v) is 3.88. The van der Waals surface area contributed by atoms with Crippen LogP contribution in [0.2, 0.25) is 0 Å². The number of hydrogen-bond donors (Lipinski definition) is 2. The van der Waals surface area contributed by atoms with Gasteiger partial charge in [0, 0.05) is 33.0 Å². The average molecular weight is 414 g/mol. The molecular formula is C20H23N5O3S. The summed E-state index contributed by atoms with van der Waals surface area (Å²) in [6.07, 6.45) is 3.51. The lowest BCUT2D eigenvalue weighted by molar-refractivity contribution is -0.119. The number of hydrogen-bond acceptors (Lipinski definition) is 5. The maximum atomic E-state index is 12.5. The number of carbonyl (C=O) groups is 1. The monoisotopic (exact) mass is 413 g/mol. The Morgan fingerprint density at radius 1 is 1.07 bits per heavy atom. The van der Waals surface area contributed by atoms with Gasteiger partial charge in [-0.15, -0.1) is 0 Å². The van der Waals surface area contributed by atoms with Crippen LogP contribution in [0.1, 0.15) is 5.56 Å². The van der Waals surface area contributed by atoms with Crippen molar-refractivity contribution in [3.8, 4) is 5.69 Å². The van der Waals surface area contributed by atoms with Gasteiger partial charge in [0.15, 0.2) is 0 Å². The lowest BCUT2D eigenvalue weighted by Gasteiger charge is -2.16. The van der Waals surface area contributed by atoms with Gasteiger partial charge in [-0.3, -0.25) is 4.79 Å². The van der Waals surface area contributed by atoms with Crippen molar-refractivity contribution in [1.82, 2.24) is 19.4 Å². The third-order valence-corrected chi connectivity index (χ3v) is 6.22. The highest BCUT2D eigenvalue weighted by Gasteiger charge is 2.20. The van der Waals surface area contributed by atoms with Gasteiger partial charge in [0.2, 0.25) is 15.9 Å². The van der Waals surface area contributed by atoms with Crippen molar-refractivity contribution in [2.45, 2.75) is 11.4 Å². The molecule has 0 bridgehead atoms. The SMILES string of the molecule is CN(C)S(=O)(=O)c1ccccc1CNC(=O)CNc1ccccc1-n1cccn1. The Morgan fingerprint density at radius 3 is 2.52 bits per heavy atom. The molecule has 3 rings (SSSR count). The van der Waals surface area contributed by atoms with Crippen molar-refractivity contribution in [3.05, 3.63) is 72.6 Å². The number of anilines is 1. The van der Waals surface area contributed by atoms with E-state index in [0.717, 1.165) is 15.7 Å². The number of benzene rings is 2. The molecule has 0 spiro atoms. The summed E-state index contributed by atoms with van der Waals surface area (Å²) in [5, 5.41) is 10.1. The van der Waals surface area contributed by atoms with E-state index in [1.807, 2.05) is 36.5 Å². The van der Waals surface area contributed by atoms with Gasteiger partial charge in [-0.2, -0.15) is 5.10 Å². The lowest BCUT2D eigenvalue weighted by Crippen LogP contribution is -2.31. The Balaban J connectivity index is 1.64. The molecule has 1 heterocycles. The standard InChI is InChI=1S/C20H23N5O3S/c1-24(2)29(27,28)19-11-6-3-8-16(19)14-22-20(26)15-21-17-9-4-5-10-18(17)25-13-7-12-23-25/h3-13,21H,14-15H2,1-2H3,(H,22,26). The van der Waals surface area contributed by atoms with Crippen LogP contribution in [0.25, 0.3) is 5.69 Å². The van der Waals surface area contributed by atoms with Crippen LogP contribution in [-0.4, -0.2) is 49.1 Å². The van der Waals surface area contributed by atoms with Crippen molar-refractivity contribution in [1.29, 1.82) is 0 Å². The van der Waals surface area contributed by atoms with E-state index in [2.05, 4.69) is 15.7 Å². The first-order valence-electron chi connectivity index (χ1n) is 8.99. The predicted octanol–water partition coefficient (Wildman–Crippen LogP) is 1.85. The molecule has 8 nitrogen and oxygen atoms in total. The minimum Gasteiger partial charge on any atom is -0.374 e. The van der Waals surface area contributed by atoms with Gasteiger partial charge < -0.3 is 10.6 Å². The molecule has 152 valence electrons. The molecule has 0 aliphatic rings. The van der Waals surface area contributed by atoms with Crippen LogP contribution in [0.4, 0.5) is 5.69 Å². The zero-order valence-corrected chi connectivity index (χ0v) is 17.1. The molecule has 0 aliphatic carbocycles. The molecule has 0 unspecified atom stereocenters. The predicted molar refractivity (Wildman–Crippen MR) is 111 cm³/mol. The summed E-state index contributed by atoms with van der Waals surface area (Å²) in [6.45, 7) is 0.158. The van der Waals surface area contributed by atoms with Crippen LogP contribution < -0.4 is 10.6 Å². The van der Waals surface area contributed by atoms with Crippen LogP contribution in [0.3, 0.4) is 0 Å². The highest BCUT2D eigenvalue weighted by Crippen LogP contribution is 2.19. The Morgan fingerprint density at radius 2 is 1.79 bits per heavy atom. The fraction of sp³-hybridized carbons (Fsp3) is 0.200. The van der Waals surface area contributed by atoms with Crippen molar-refractivity contribution in [3.63, 3.8) is 0 Å². The van der Waals surface area contributed by atoms with Gasteiger partial charge in [0.25, 0.3) is 0 Å². The van der Waals surface area contributed by atoms with Gasteiger partial charge >= 0.3 is 0 Å². The summed E-state index contributed by atoms with van der Waals surface area (Å²) in [5.41, 5.74) is 2.13. The fourth-order valence-electron chi connectivity index (χ4n) is 2.76. The largest absolute Gasteiger partial charge is 0.374 e. The number of para-hydroxylation sites is 2. The molecule has 0 atom stereocenters. The van der Waals surface area contributed by atoms with Crippen molar-refractivity contribution in [2.75, 3.05) is 26.0 Å². The molecule has 29 heavy (non-hydrogen) atoms. The van der Waals surface area contributed by atoms with Gasteiger partial charge in [-0.05, 0) is 29.8 Å². The molecule has 0 saturated carbocycles.